The normalized spacial score (nSPS) is 10.9. The number of hydrogen-bond donors (Lipinski definition) is 2. The summed E-state index contributed by atoms with van der Waals surface area (Å²) < 4.78 is 1.64. The number of aromatic amines is 1. The molecule has 3 rings (SSSR count). The Morgan fingerprint density at radius 3 is 2.89 bits per heavy atom. The number of carbonyl (C=O) groups is 1. The maximum atomic E-state index is 11.0. The van der Waals surface area contributed by atoms with Crippen LogP contribution in [0.3, 0.4) is 0 Å². The molecule has 2 N–H and O–H groups in total. The Morgan fingerprint density at radius 1 is 1.39 bits per heavy atom. The summed E-state index contributed by atoms with van der Waals surface area (Å²) in [6, 6.07) is 7.97. The molecule has 0 aliphatic carbocycles. The van der Waals surface area contributed by atoms with Gasteiger partial charge < -0.3 is 5.11 Å². The number of carboxylic acids is 1. The average Bonchev–Trinajstić information content (AvgIpc) is 2.92. The van der Waals surface area contributed by atoms with Crippen LogP contribution in [0.15, 0.2) is 34.1 Å². The Morgan fingerprint density at radius 2 is 2.17 bits per heavy atom. The molecule has 0 fully saturated rings. The molecule has 0 atom stereocenters. The molecule has 0 unspecified atom stereocenters. The first kappa shape index (κ1) is 11.4. The number of benzene rings is 1. The van der Waals surface area contributed by atoms with Crippen molar-refractivity contribution in [3.63, 3.8) is 0 Å². The molecule has 0 spiro atoms. The third-order valence-electron chi connectivity index (χ3n) is 2.66. The molecule has 0 bridgehead atoms. The SMILES string of the molecule is O=C(O)c1[nH]nc(-c2csc3ccccc23)c1Br. The molecule has 0 aliphatic heterocycles. The van der Waals surface area contributed by atoms with Crippen molar-refractivity contribution in [3.8, 4) is 11.3 Å². The summed E-state index contributed by atoms with van der Waals surface area (Å²) in [5, 5.41) is 18.7. The number of fused-ring (bicyclic) bond motifs is 1. The van der Waals surface area contributed by atoms with Crippen molar-refractivity contribution in [2.75, 3.05) is 0 Å². The molecule has 2 heterocycles. The van der Waals surface area contributed by atoms with Crippen molar-refractivity contribution in [2.45, 2.75) is 0 Å². The van der Waals surface area contributed by atoms with Gasteiger partial charge in [0.2, 0.25) is 0 Å². The Kier molecular flexibility index (Phi) is 2.68. The zero-order chi connectivity index (χ0) is 12.7. The maximum absolute atomic E-state index is 11.0. The molecule has 6 heteroatoms. The molecule has 18 heavy (non-hydrogen) atoms. The highest BCUT2D eigenvalue weighted by atomic mass is 79.9. The standard InChI is InChI=1S/C12H7BrN2O2S/c13-9-10(14-15-11(9)12(16)17)7-5-18-8-4-2-1-3-6(7)8/h1-5H,(H,14,15)(H,16,17). The molecule has 0 saturated carbocycles. The zero-order valence-corrected chi connectivity index (χ0v) is 11.4. The third kappa shape index (κ3) is 1.65. The van der Waals surface area contributed by atoms with E-state index in [2.05, 4.69) is 26.1 Å². The predicted molar refractivity (Wildman–Crippen MR) is 74.1 cm³/mol. The highest BCUT2D eigenvalue weighted by Crippen LogP contribution is 2.37. The van der Waals surface area contributed by atoms with Gasteiger partial charge in [-0.25, -0.2) is 4.79 Å². The first-order valence-corrected chi connectivity index (χ1v) is 6.79. The highest BCUT2D eigenvalue weighted by molar-refractivity contribution is 9.10. The van der Waals surface area contributed by atoms with Crippen LogP contribution in [-0.4, -0.2) is 21.3 Å². The van der Waals surface area contributed by atoms with Crippen molar-refractivity contribution in [1.82, 2.24) is 10.2 Å². The minimum atomic E-state index is -1.03. The van der Waals surface area contributed by atoms with Crippen LogP contribution in [0.5, 0.6) is 0 Å². The fraction of sp³-hybridized carbons (Fsp3) is 0. The number of nitrogens with zero attached hydrogens (tertiary/aromatic N) is 1. The van der Waals surface area contributed by atoms with Crippen LogP contribution in [0.2, 0.25) is 0 Å². The van der Waals surface area contributed by atoms with Crippen molar-refractivity contribution in [3.05, 3.63) is 39.8 Å². The number of nitrogens with one attached hydrogen (secondary N) is 1. The molecule has 0 radical (unpaired) electrons. The van der Waals surface area contributed by atoms with Gasteiger partial charge in [-0.3, -0.25) is 5.10 Å². The van der Waals surface area contributed by atoms with Crippen LogP contribution in [0, 0.1) is 0 Å². The number of aromatic carboxylic acids is 1. The number of thiophene rings is 1. The molecular weight excluding hydrogens is 316 g/mol. The van der Waals surface area contributed by atoms with E-state index in [9.17, 15) is 4.79 Å². The van der Waals surface area contributed by atoms with Crippen LogP contribution >= 0.6 is 27.3 Å². The summed E-state index contributed by atoms with van der Waals surface area (Å²) in [6.45, 7) is 0. The third-order valence-corrected chi connectivity index (χ3v) is 4.39. The minimum Gasteiger partial charge on any atom is -0.476 e. The second kappa shape index (κ2) is 4.22. The highest BCUT2D eigenvalue weighted by Gasteiger charge is 2.19. The molecule has 2 aromatic heterocycles. The predicted octanol–water partition coefficient (Wildman–Crippen LogP) is 3.75. The van der Waals surface area contributed by atoms with E-state index in [0.717, 1.165) is 15.6 Å². The lowest BCUT2D eigenvalue weighted by Gasteiger charge is -1.95. The molecule has 1 aromatic carbocycles. The molecule has 0 amide bonds. The number of aromatic nitrogens is 2. The van der Waals surface area contributed by atoms with Gasteiger partial charge in [0.05, 0.1) is 4.47 Å². The topological polar surface area (TPSA) is 66.0 Å². The van der Waals surface area contributed by atoms with Crippen molar-refractivity contribution in [2.24, 2.45) is 0 Å². The van der Waals surface area contributed by atoms with Crippen LogP contribution < -0.4 is 0 Å². The largest absolute Gasteiger partial charge is 0.476 e. The van der Waals surface area contributed by atoms with Crippen LogP contribution in [0.1, 0.15) is 10.5 Å². The molecule has 0 saturated heterocycles. The summed E-state index contributed by atoms with van der Waals surface area (Å²) in [4.78, 5) is 11.0. The monoisotopic (exact) mass is 322 g/mol. The van der Waals surface area contributed by atoms with Gasteiger partial charge in [0.25, 0.3) is 0 Å². The van der Waals surface area contributed by atoms with E-state index in [1.54, 1.807) is 11.3 Å². The van der Waals surface area contributed by atoms with Gasteiger partial charge in [0, 0.05) is 21.0 Å². The van der Waals surface area contributed by atoms with Gasteiger partial charge >= 0.3 is 5.97 Å². The first-order chi connectivity index (χ1) is 8.68. The molecule has 90 valence electrons. The van der Waals surface area contributed by atoms with Gasteiger partial charge in [0.15, 0.2) is 5.69 Å². The minimum absolute atomic E-state index is 0.0697. The van der Waals surface area contributed by atoms with Gasteiger partial charge in [-0.1, -0.05) is 18.2 Å². The fourth-order valence-electron chi connectivity index (χ4n) is 1.81. The summed E-state index contributed by atoms with van der Waals surface area (Å²) in [5.74, 6) is -1.03. The van der Waals surface area contributed by atoms with E-state index >= 15 is 0 Å². The Labute approximate surface area is 114 Å². The van der Waals surface area contributed by atoms with E-state index in [1.807, 2.05) is 29.6 Å². The van der Waals surface area contributed by atoms with Crippen LogP contribution in [0.4, 0.5) is 0 Å². The summed E-state index contributed by atoms with van der Waals surface area (Å²) in [5.41, 5.74) is 1.64. The number of hydrogen-bond acceptors (Lipinski definition) is 3. The lowest BCUT2D eigenvalue weighted by Crippen LogP contribution is -1.96. The molecular formula is C12H7BrN2O2S. The molecule has 3 aromatic rings. The Hall–Kier alpha value is -1.66. The van der Waals surface area contributed by atoms with E-state index in [0.29, 0.717) is 10.2 Å². The quantitative estimate of drug-likeness (QED) is 0.755. The van der Waals surface area contributed by atoms with Gasteiger partial charge in [-0.2, -0.15) is 5.10 Å². The average molecular weight is 323 g/mol. The number of halogens is 1. The van der Waals surface area contributed by atoms with Gasteiger partial charge in [-0.05, 0) is 22.0 Å². The smallest absolute Gasteiger partial charge is 0.355 e. The van der Waals surface area contributed by atoms with E-state index < -0.39 is 5.97 Å². The van der Waals surface area contributed by atoms with Crippen molar-refractivity contribution < 1.29 is 9.90 Å². The van der Waals surface area contributed by atoms with Crippen molar-refractivity contribution >= 4 is 43.3 Å². The number of rotatable bonds is 2. The van der Waals surface area contributed by atoms with Crippen LogP contribution in [0.25, 0.3) is 21.3 Å². The zero-order valence-electron chi connectivity index (χ0n) is 8.98. The molecule has 0 aliphatic rings. The Bertz CT molecular complexity index is 747. The fourth-order valence-corrected chi connectivity index (χ4v) is 3.32. The van der Waals surface area contributed by atoms with Crippen LogP contribution in [-0.2, 0) is 0 Å². The van der Waals surface area contributed by atoms with Gasteiger partial charge in [0.1, 0.15) is 5.69 Å². The van der Waals surface area contributed by atoms with E-state index in [-0.39, 0.29) is 5.69 Å². The molecule has 4 nitrogen and oxygen atoms in total. The van der Waals surface area contributed by atoms with E-state index in [4.69, 9.17) is 5.11 Å². The summed E-state index contributed by atoms with van der Waals surface area (Å²) in [6.07, 6.45) is 0. The second-order valence-corrected chi connectivity index (χ2v) is 5.42. The van der Waals surface area contributed by atoms with Gasteiger partial charge in [-0.15, -0.1) is 11.3 Å². The van der Waals surface area contributed by atoms with Crippen molar-refractivity contribution in [1.29, 1.82) is 0 Å². The number of carboxylic acid groups (broad SMARTS) is 1. The first-order valence-electron chi connectivity index (χ1n) is 5.12. The summed E-state index contributed by atoms with van der Waals surface area (Å²) >= 11 is 4.90. The lowest BCUT2D eigenvalue weighted by molar-refractivity contribution is 0.0689. The van der Waals surface area contributed by atoms with E-state index in [1.165, 1.54) is 0 Å². The second-order valence-electron chi connectivity index (χ2n) is 3.71. The lowest BCUT2D eigenvalue weighted by atomic mass is 10.1. The Balaban J connectivity index is 2.24. The number of H-pyrrole nitrogens is 1. The summed E-state index contributed by atoms with van der Waals surface area (Å²) in [7, 11) is 0. The maximum Gasteiger partial charge on any atom is 0.355 e.